The van der Waals surface area contributed by atoms with E-state index in [2.05, 4.69) is 58.9 Å². The summed E-state index contributed by atoms with van der Waals surface area (Å²) in [5.74, 6) is 0. The summed E-state index contributed by atoms with van der Waals surface area (Å²) in [6.45, 7) is 4.30. The number of aryl methyl sites for hydroxylation is 1. The molecule has 0 saturated carbocycles. The van der Waals surface area contributed by atoms with E-state index < -0.39 is 0 Å². The third kappa shape index (κ3) is 2.57. The lowest BCUT2D eigenvalue weighted by molar-refractivity contribution is 0.312. The third-order valence-corrected chi connectivity index (χ3v) is 4.62. The van der Waals surface area contributed by atoms with Crippen LogP contribution in [0.15, 0.2) is 42.6 Å². The molecule has 0 unspecified atom stereocenters. The minimum atomic E-state index is 0.989. The second-order valence-electron chi connectivity index (χ2n) is 6.37. The minimum Gasteiger partial charge on any atom is -0.320 e. The van der Waals surface area contributed by atoms with Crippen LogP contribution >= 0.6 is 0 Å². The molecule has 3 nitrogen and oxygen atoms in total. The molecule has 1 aromatic carbocycles. The number of hydrogen-bond acceptors (Lipinski definition) is 2. The summed E-state index contributed by atoms with van der Waals surface area (Å²) >= 11 is 0. The summed E-state index contributed by atoms with van der Waals surface area (Å²) in [6.07, 6.45) is 7.19. The molecule has 0 N–H and O–H groups in total. The SMILES string of the molecule is Cc1ccc2c(c1)c1c(n2C=Cc2ccccn2)CCN(C)C1. The molecule has 3 heterocycles. The first-order chi connectivity index (χ1) is 11.2. The number of nitrogens with zero attached hydrogens (tertiary/aromatic N) is 3. The molecule has 4 rings (SSSR count). The molecule has 1 aliphatic rings. The van der Waals surface area contributed by atoms with Crippen molar-refractivity contribution in [3.63, 3.8) is 0 Å². The highest BCUT2D eigenvalue weighted by Crippen LogP contribution is 2.31. The average molecular weight is 303 g/mol. The average Bonchev–Trinajstić information content (AvgIpc) is 2.86. The topological polar surface area (TPSA) is 21.1 Å². The minimum absolute atomic E-state index is 0.989. The first kappa shape index (κ1) is 14.2. The molecule has 3 aromatic rings. The van der Waals surface area contributed by atoms with E-state index in [4.69, 9.17) is 0 Å². The van der Waals surface area contributed by atoms with Crippen molar-refractivity contribution in [1.29, 1.82) is 0 Å². The van der Waals surface area contributed by atoms with Crippen molar-refractivity contribution in [3.8, 4) is 0 Å². The van der Waals surface area contributed by atoms with Crippen LogP contribution in [0.5, 0.6) is 0 Å². The number of rotatable bonds is 2. The van der Waals surface area contributed by atoms with Crippen LogP contribution in [0.2, 0.25) is 0 Å². The molecule has 0 fully saturated rings. The Hall–Kier alpha value is -2.39. The number of fused-ring (bicyclic) bond motifs is 3. The molecule has 2 aromatic heterocycles. The largest absolute Gasteiger partial charge is 0.320 e. The molecule has 0 spiro atoms. The lowest BCUT2D eigenvalue weighted by atomic mass is 10.0. The van der Waals surface area contributed by atoms with Crippen molar-refractivity contribution in [2.45, 2.75) is 19.9 Å². The van der Waals surface area contributed by atoms with Crippen molar-refractivity contribution in [1.82, 2.24) is 14.5 Å². The number of pyridine rings is 1. The van der Waals surface area contributed by atoms with Gasteiger partial charge in [-0.25, -0.2) is 0 Å². The summed E-state index contributed by atoms with van der Waals surface area (Å²) in [5, 5.41) is 1.39. The van der Waals surface area contributed by atoms with Gasteiger partial charge in [0.1, 0.15) is 0 Å². The van der Waals surface area contributed by atoms with E-state index in [-0.39, 0.29) is 0 Å². The van der Waals surface area contributed by atoms with Crippen LogP contribution in [0.4, 0.5) is 0 Å². The summed E-state index contributed by atoms with van der Waals surface area (Å²) in [7, 11) is 2.20. The molecule has 3 heteroatoms. The number of likely N-dealkylation sites (N-methyl/N-ethyl adjacent to an activating group) is 1. The Balaban J connectivity index is 1.87. The summed E-state index contributed by atoms with van der Waals surface area (Å²) in [5.41, 5.74) is 6.52. The van der Waals surface area contributed by atoms with Crippen LogP contribution in [-0.4, -0.2) is 28.0 Å². The molecule has 23 heavy (non-hydrogen) atoms. The van der Waals surface area contributed by atoms with Crippen LogP contribution in [-0.2, 0) is 13.0 Å². The van der Waals surface area contributed by atoms with Gasteiger partial charge in [-0.1, -0.05) is 17.7 Å². The van der Waals surface area contributed by atoms with Crippen molar-refractivity contribution in [2.24, 2.45) is 0 Å². The maximum atomic E-state index is 4.39. The second-order valence-corrected chi connectivity index (χ2v) is 6.37. The fraction of sp³-hybridized carbons (Fsp3) is 0.250. The van der Waals surface area contributed by atoms with Crippen LogP contribution < -0.4 is 0 Å². The Bertz CT molecular complexity index is 875. The van der Waals surface area contributed by atoms with Crippen LogP contribution in [0.25, 0.3) is 23.2 Å². The summed E-state index contributed by atoms with van der Waals surface area (Å²) < 4.78 is 2.35. The van der Waals surface area contributed by atoms with Gasteiger partial charge in [0, 0.05) is 43.0 Å². The van der Waals surface area contributed by atoms with Gasteiger partial charge in [0.25, 0.3) is 0 Å². The second kappa shape index (κ2) is 5.67. The van der Waals surface area contributed by atoms with Gasteiger partial charge >= 0.3 is 0 Å². The van der Waals surface area contributed by atoms with Crippen molar-refractivity contribution < 1.29 is 0 Å². The zero-order chi connectivity index (χ0) is 15.8. The normalized spacial score (nSPS) is 15.4. The third-order valence-electron chi connectivity index (χ3n) is 4.62. The molecule has 0 radical (unpaired) electrons. The van der Waals surface area contributed by atoms with E-state index in [0.717, 1.165) is 25.2 Å². The molecule has 116 valence electrons. The molecule has 0 amide bonds. The van der Waals surface area contributed by atoms with E-state index in [1.165, 1.54) is 27.7 Å². The maximum absolute atomic E-state index is 4.39. The molecule has 0 atom stereocenters. The summed E-state index contributed by atoms with van der Waals surface area (Å²) in [6, 6.07) is 12.8. The van der Waals surface area contributed by atoms with Crippen molar-refractivity contribution in [3.05, 3.63) is 65.1 Å². The maximum Gasteiger partial charge on any atom is 0.0644 e. The zero-order valence-electron chi connectivity index (χ0n) is 13.7. The predicted octanol–water partition coefficient (Wildman–Crippen LogP) is 3.96. The Morgan fingerprint density at radius 2 is 2.09 bits per heavy atom. The molecule has 0 saturated heterocycles. The Morgan fingerprint density at radius 1 is 1.17 bits per heavy atom. The fourth-order valence-corrected chi connectivity index (χ4v) is 3.44. The predicted molar refractivity (Wildman–Crippen MR) is 96.2 cm³/mol. The Morgan fingerprint density at radius 3 is 2.91 bits per heavy atom. The van der Waals surface area contributed by atoms with Gasteiger partial charge in [-0.15, -0.1) is 0 Å². The van der Waals surface area contributed by atoms with Gasteiger partial charge in [0.15, 0.2) is 0 Å². The highest BCUT2D eigenvalue weighted by molar-refractivity contribution is 5.89. The molecule has 0 bridgehead atoms. The van der Waals surface area contributed by atoms with E-state index in [1.54, 1.807) is 0 Å². The number of benzene rings is 1. The van der Waals surface area contributed by atoms with Gasteiger partial charge in [-0.05, 0) is 49.9 Å². The van der Waals surface area contributed by atoms with E-state index in [1.807, 2.05) is 24.4 Å². The smallest absolute Gasteiger partial charge is 0.0644 e. The quantitative estimate of drug-likeness (QED) is 0.714. The van der Waals surface area contributed by atoms with E-state index in [9.17, 15) is 0 Å². The van der Waals surface area contributed by atoms with Crippen LogP contribution in [0.1, 0.15) is 22.5 Å². The lowest BCUT2D eigenvalue weighted by Crippen LogP contribution is -2.26. The molecule has 1 aliphatic heterocycles. The number of aromatic nitrogens is 2. The van der Waals surface area contributed by atoms with Crippen LogP contribution in [0, 0.1) is 6.92 Å². The Kier molecular flexibility index (Phi) is 3.50. The van der Waals surface area contributed by atoms with Gasteiger partial charge in [0.05, 0.1) is 11.2 Å². The van der Waals surface area contributed by atoms with E-state index >= 15 is 0 Å². The highest BCUT2D eigenvalue weighted by Gasteiger charge is 2.21. The van der Waals surface area contributed by atoms with Gasteiger partial charge in [-0.2, -0.15) is 0 Å². The standard InChI is InChI=1S/C20H21N3/c1-15-6-7-19-17(13-15)18-14-22(2)11-9-20(18)23(19)12-8-16-5-3-4-10-21-16/h3-8,10,12-13H,9,11,14H2,1-2H3. The van der Waals surface area contributed by atoms with Crippen molar-refractivity contribution in [2.75, 3.05) is 13.6 Å². The fourth-order valence-electron chi connectivity index (χ4n) is 3.44. The first-order valence-electron chi connectivity index (χ1n) is 8.12. The zero-order valence-corrected chi connectivity index (χ0v) is 13.7. The van der Waals surface area contributed by atoms with E-state index in [0.29, 0.717) is 0 Å². The van der Waals surface area contributed by atoms with Crippen molar-refractivity contribution >= 4 is 23.2 Å². The molecule has 0 aliphatic carbocycles. The van der Waals surface area contributed by atoms with Gasteiger partial charge in [-0.3, -0.25) is 4.98 Å². The summed E-state index contributed by atoms with van der Waals surface area (Å²) in [4.78, 5) is 6.79. The number of hydrogen-bond donors (Lipinski definition) is 0. The Labute approximate surface area is 136 Å². The monoisotopic (exact) mass is 303 g/mol. The molecular weight excluding hydrogens is 282 g/mol. The van der Waals surface area contributed by atoms with Gasteiger partial charge < -0.3 is 9.47 Å². The molecular formula is C20H21N3. The highest BCUT2D eigenvalue weighted by atomic mass is 15.1. The first-order valence-corrected chi connectivity index (χ1v) is 8.12. The van der Waals surface area contributed by atoms with Crippen LogP contribution in [0.3, 0.4) is 0 Å². The van der Waals surface area contributed by atoms with Gasteiger partial charge in [0.2, 0.25) is 0 Å². The lowest BCUT2D eigenvalue weighted by Gasteiger charge is -2.23.